The van der Waals surface area contributed by atoms with Crippen LogP contribution in [0, 0.1) is 35.5 Å². The summed E-state index contributed by atoms with van der Waals surface area (Å²) in [4.78, 5) is 156. The first-order valence-corrected chi connectivity index (χ1v) is 21.7. The molecule has 0 N–H and O–H groups in total. The highest BCUT2D eigenvalue weighted by Gasteiger charge is 2.63. The van der Waals surface area contributed by atoms with E-state index in [0.717, 1.165) is 11.3 Å². The Morgan fingerprint density at radius 2 is 0.803 bits per heavy atom. The summed E-state index contributed by atoms with van der Waals surface area (Å²) in [5.41, 5.74) is 1.73. The Balaban J connectivity index is 0.000000139. The topological polar surface area (TPSA) is 264 Å². The van der Waals surface area contributed by atoms with Crippen molar-refractivity contribution in [3.8, 4) is 0 Å². The van der Waals surface area contributed by atoms with E-state index in [1.807, 2.05) is 12.2 Å². The first-order valence-electron chi connectivity index (χ1n) is 21.7. The van der Waals surface area contributed by atoms with Crippen LogP contribution >= 0.6 is 0 Å². The van der Waals surface area contributed by atoms with Gasteiger partial charge in [0.1, 0.15) is 0 Å². The molecule has 8 unspecified atom stereocenters. The third kappa shape index (κ3) is 9.29. The standard InChI is InChI=1S/C13H13NO4.C13H11NO4.C12H11NO5.C12H9NO4/c1-6(2)13(17)18-14-11(15)9-7-3-4-8(5-7)10(9)12(14)16;1-8(2)13(17)18-7-14-11(15)9-5-3-4-6-10(9)12(14)16;1-5(2)12(16)18-13-10(14)8-6-3-4-7(17-6)9(8)11(13)15;1-7(2)12(16)17-13-10(14)8-5-3-4-6-9(8)11(13)15/h3-4,7-10H,1,5H2,2H3;3-6H,1,7H2,2H3;3-4,6-9H,1H2,2H3;3-6H,1H2,2H3. The van der Waals surface area contributed by atoms with Gasteiger partial charge in [0.05, 0.1) is 58.1 Å². The maximum Gasteiger partial charge on any atom is 0.359 e. The zero-order valence-electron chi connectivity index (χ0n) is 38.5. The molecule has 4 fully saturated rings. The van der Waals surface area contributed by atoms with Gasteiger partial charge in [0.15, 0.2) is 6.73 Å². The van der Waals surface area contributed by atoms with Crippen LogP contribution in [-0.2, 0) is 62.3 Å². The first-order chi connectivity index (χ1) is 33.5. The van der Waals surface area contributed by atoms with Gasteiger partial charge in [-0.05, 0) is 70.2 Å². The number of imide groups is 4. The summed E-state index contributed by atoms with van der Waals surface area (Å²) in [6.07, 6.45) is 7.59. The van der Waals surface area contributed by atoms with Gasteiger partial charge in [-0.15, -0.1) is 10.1 Å². The maximum atomic E-state index is 12.1. The van der Waals surface area contributed by atoms with Crippen LogP contribution in [0.3, 0.4) is 0 Å². The number of ether oxygens (including phenoxy) is 2. The minimum Gasteiger partial charge on any atom is -0.440 e. The molecule has 3 saturated heterocycles. The number of rotatable bonds is 9. The molecule has 2 aromatic rings. The molecule has 0 aromatic heterocycles. The lowest BCUT2D eigenvalue weighted by molar-refractivity contribution is -0.197. The van der Waals surface area contributed by atoms with Gasteiger partial charge in [0, 0.05) is 22.3 Å². The summed E-state index contributed by atoms with van der Waals surface area (Å²) in [6.45, 7) is 19.1. The monoisotopic (exact) mass is 972 g/mol. The summed E-state index contributed by atoms with van der Waals surface area (Å²) in [7, 11) is 0. The van der Waals surface area contributed by atoms with Gasteiger partial charge in [-0.3, -0.25) is 38.4 Å². The van der Waals surface area contributed by atoms with Crippen molar-refractivity contribution in [3.05, 3.63) is 144 Å². The van der Waals surface area contributed by atoms with Gasteiger partial charge in [0.25, 0.3) is 47.3 Å². The fourth-order valence-electron chi connectivity index (χ4n) is 8.67. The number of amides is 8. The number of hydroxylamine groups is 6. The van der Waals surface area contributed by atoms with E-state index in [-0.39, 0.29) is 69.3 Å². The third-order valence-electron chi connectivity index (χ3n) is 12.2. The van der Waals surface area contributed by atoms with E-state index in [9.17, 15) is 57.5 Å². The Kier molecular flexibility index (Phi) is 13.9. The van der Waals surface area contributed by atoms with Gasteiger partial charge in [0.2, 0.25) is 0 Å². The van der Waals surface area contributed by atoms with E-state index < -0.39 is 89.7 Å². The first kappa shape index (κ1) is 50.2. The molecule has 8 aliphatic rings. The summed E-state index contributed by atoms with van der Waals surface area (Å²) in [5, 5.41) is 1.65. The van der Waals surface area contributed by atoms with Crippen LogP contribution in [0.5, 0.6) is 0 Å². The third-order valence-corrected chi connectivity index (χ3v) is 12.2. The molecule has 10 rings (SSSR count). The molecule has 2 aliphatic carbocycles. The molecule has 4 bridgehead atoms. The predicted molar refractivity (Wildman–Crippen MR) is 239 cm³/mol. The number of hydrogen-bond donors (Lipinski definition) is 0. The van der Waals surface area contributed by atoms with Gasteiger partial charge < -0.3 is 24.0 Å². The van der Waals surface area contributed by atoms with Crippen molar-refractivity contribution >= 4 is 71.1 Å². The summed E-state index contributed by atoms with van der Waals surface area (Å²) in [5.74, 6) is -8.54. The molecular formula is C50H44N4O17. The quantitative estimate of drug-likeness (QED) is 0.151. The van der Waals surface area contributed by atoms with Crippen LogP contribution in [0.4, 0.5) is 0 Å². The Morgan fingerprint density at radius 1 is 0.479 bits per heavy atom. The number of allylic oxidation sites excluding steroid dienone is 2. The zero-order valence-corrected chi connectivity index (χ0v) is 38.5. The van der Waals surface area contributed by atoms with Crippen molar-refractivity contribution in [2.75, 3.05) is 6.73 Å². The average Bonchev–Trinajstić information content (AvgIpc) is 4.25. The van der Waals surface area contributed by atoms with Crippen LogP contribution in [-0.4, -0.2) is 110 Å². The van der Waals surface area contributed by atoms with Gasteiger partial charge in [-0.25, -0.2) is 24.1 Å². The molecule has 1 saturated carbocycles. The molecule has 366 valence electrons. The van der Waals surface area contributed by atoms with Crippen LogP contribution < -0.4 is 0 Å². The molecule has 8 amide bonds. The molecule has 21 heteroatoms. The number of carbonyl (C=O) groups is 12. The number of fused-ring (bicyclic) bond motifs is 12. The Labute approximate surface area is 404 Å². The van der Waals surface area contributed by atoms with Crippen molar-refractivity contribution in [1.29, 1.82) is 0 Å². The van der Waals surface area contributed by atoms with Gasteiger partial charge in [-0.2, -0.15) is 0 Å². The van der Waals surface area contributed by atoms with E-state index in [1.54, 1.807) is 48.6 Å². The second-order valence-electron chi connectivity index (χ2n) is 17.3. The largest absolute Gasteiger partial charge is 0.440 e. The summed E-state index contributed by atoms with van der Waals surface area (Å²) >= 11 is 0. The molecule has 21 nitrogen and oxygen atoms in total. The lowest BCUT2D eigenvalue weighted by Crippen LogP contribution is -2.36. The highest BCUT2D eigenvalue weighted by Crippen LogP contribution is 2.52. The average molecular weight is 973 g/mol. The highest BCUT2D eigenvalue weighted by molar-refractivity contribution is 6.22. The predicted octanol–water partition coefficient (Wildman–Crippen LogP) is 3.46. The Bertz CT molecular complexity index is 2670. The molecule has 0 radical (unpaired) electrons. The molecule has 6 heterocycles. The number of benzene rings is 2. The molecule has 0 spiro atoms. The summed E-state index contributed by atoms with van der Waals surface area (Å²) < 4.78 is 10.2. The number of carbonyl (C=O) groups excluding carboxylic acids is 12. The highest BCUT2D eigenvalue weighted by atomic mass is 16.7. The van der Waals surface area contributed by atoms with Crippen molar-refractivity contribution < 1.29 is 81.5 Å². The minimum atomic E-state index is -0.806. The number of hydrogen-bond acceptors (Lipinski definition) is 17. The second-order valence-corrected chi connectivity index (χ2v) is 17.3. The normalized spacial score (nSPS) is 25.0. The second kappa shape index (κ2) is 19.7. The van der Waals surface area contributed by atoms with E-state index >= 15 is 0 Å². The van der Waals surface area contributed by atoms with E-state index in [0.29, 0.717) is 26.3 Å². The van der Waals surface area contributed by atoms with Crippen LogP contribution in [0.1, 0.15) is 75.5 Å². The zero-order chi connectivity index (χ0) is 51.9. The Morgan fingerprint density at radius 3 is 1.15 bits per heavy atom. The van der Waals surface area contributed by atoms with Crippen molar-refractivity contribution in [2.45, 2.75) is 46.3 Å². The fraction of sp³-hybridized carbons (Fsp3) is 0.280. The van der Waals surface area contributed by atoms with Crippen LogP contribution in [0.2, 0.25) is 0 Å². The maximum absolute atomic E-state index is 12.1. The lowest BCUT2D eigenvalue weighted by atomic mass is 9.85. The van der Waals surface area contributed by atoms with Crippen LogP contribution in [0.15, 0.2) is 121 Å². The van der Waals surface area contributed by atoms with E-state index in [2.05, 4.69) is 31.2 Å². The molecular weight excluding hydrogens is 929 g/mol. The number of esters is 1. The fourth-order valence-corrected chi connectivity index (χ4v) is 8.67. The van der Waals surface area contributed by atoms with Gasteiger partial charge in [-0.1, -0.05) is 79.9 Å². The van der Waals surface area contributed by atoms with Gasteiger partial charge >= 0.3 is 23.9 Å². The molecule has 8 atom stereocenters. The smallest absolute Gasteiger partial charge is 0.359 e. The summed E-state index contributed by atoms with van der Waals surface area (Å²) in [6, 6.07) is 12.8. The lowest BCUT2D eigenvalue weighted by Gasteiger charge is -2.15. The molecule has 6 aliphatic heterocycles. The molecule has 2 aromatic carbocycles. The van der Waals surface area contributed by atoms with E-state index in [1.165, 1.54) is 39.8 Å². The minimum absolute atomic E-state index is 0.113. The Hall–Kier alpha value is -8.72. The van der Waals surface area contributed by atoms with Crippen molar-refractivity contribution in [3.63, 3.8) is 0 Å². The molecule has 71 heavy (non-hydrogen) atoms. The van der Waals surface area contributed by atoms with Crippen molar-refractivity contribution in [2.24, 2.45) is 35.5 Å². The SMILES string of the molecule is C=C(C)C(=O)OCN1C(=O)c2ccccc2C1=O.C=C(C)C(=O)ON1C(=O)C2C3C=CC(C3)C2C1=O.C=C(C)C(=O)ON1C(=O)C2C3C=CC(O3)C2C1=O.C=C(C)C(=O)ON1C(=O)c2ccccc2C1=O. The van der Waals surface area contributed by atoms with Crippen LogP contribution in [0.25, 0.3) is 0 Å². The number of nitrogens with zero attached hydrogens (tertiary/aromatic N) is 4. The van der Waals surface area contributed by atoms with Crippen molar-refractivity contribution in [1.82, 2.24) is 20.1 Å². The van der Waals surface area contributed by atoms with E-state index in [4.69, 9.17) is 19.1 Å².